The van der Waals surface area contributed by atoms with Gasteiger partial charge in [-0.05, 0) is 25.5 Å². The highest BCUT2D eigenvalue weighted by Crippen LogP contribution is 2.30. The molecule has 4 amide bonds. The Kier molecular flexibility index (Phi) is 8.98. The summed E-state index contributed by atoms with van der Waals surface area (Å²) in [6, 6.07) is -2.97. The number of rotatable bonds is 11. The van der Waals surface area contributed by atoms with Gasteiger partial charge in [-0.3, -0.25) is 19.2 Å². The molecular weight excluding hydrogens is 480 g/mol. The normalized spacial score (nSPS) is 25.9. The first-order chi connectivity index (χ1) is 16.6. The molecule has 3 aliphatic rings. The lowest BCUT2D eigenvalue weighted by Gasteiger charge is -2.23. The van der Waals surface area contributed by atoms with E-state index in [9.17, 15) is 39.0 Å². The van der Waals surface area contributed by atoms with E-state index in [2.05, 4.69) is 10.6 Å². The highest BCUT2D eigenvalue weighted by atomic mass is 32.2. The van der Waals surface area contributed by atoms with Gasteiger partial charge in [0.1, 0.15) is 12.1 Å². The third kappa shape index (κ3) is 7.09. The van der Waals surface area contributed by atoms with Crippen molar-refractivity contribution in [1.82, 2.24) is 20.4 Å². The summed E-state index contributed by atoms with van der Waals surface area (Å²) in [6.07, 6.45) is 3.65. The second-order valence-electron chi connectivity index (χ2n) is 9.30. The summed E-state index contributed by atoms with van der Waals surface area (Å²) in [7, 11) is 0. The molecule has 0 aromatic heterocycles. The number of aliphatic carboxylic acids is 2. The van der Waals surface area contributed by atoms with E-state index in [1.165, 1.54) is 21.6 Å². The maximum atomic E-state index is 12.7. The van der Waals surface area contributed by atoms with Crippen LogP contribution in [-0.2, 0) is 28.8 Å². The monoisotopic (exact) mass is 512 g/mol. The molecule has 194 valence electrons. The zero-order valence-corrected chi connectivity index (χ0v) is 20.4. The van der Waals surface area contributed by atoms with E-state index in [1.807, 2.05) is 0 Å². The average Bonchev–Trinajstić information content (AvgIpc) is 3.42. The molecule has 4 atom stereocenters. The molecule has 3 fully saturated rings. The molecule has 2 aliphatic heterocycles. The Labute approximate surface area is 207 Å². The molecule has 0 bridgehead atoms. The van der Waals surface area contributed by atoms with Gasteiger partial charge in [0, 0.05) is 56.8 Å². The molecule has 0 aromatic rings. The summed E-state index contributed by atoms with van der Waals surface area (Å²) in [5.41, 5.74) is 0. The maximum absolute atomic E-state index is 12.7. The van der Waals surface area contributed by atoms with Crippen LogP contribution in [0.1, 0.15) is 44.9 Å². The second-order valence-corrected chi connectivity index (χ2v) is 10.2. The molecule has 3 rings (SSSR count). The first kappa shape index (κ1) is 26.8. The molecule has 12 nitrogen and oxygen atoms in total. The number of carbonyl (C=O) groups is 6. The second kappa shape index (κ2) is 11.7. The minimum atomic E-state index is -1.16. The Morgan fingerprint density at radius 3 is 1.74 bits per heavy atom. The number of carboxylic acids is 2. The number of likely N-dealkylation sites (tertiary alicyclic amines) is 2. The number of amides is 4. The largest absolute Gasteiger partial charge is 0.480 e. The number of carboxylic acid groups (broad SMARTS) is 2. The summed E-state index contributed by atoms with van der Waals surface area (Å²) >= 11 is 1.34. The van der Waals surface area contributed by atoms with Gasteiger partial charge in [0.2, 0.25) is 23.6 Å². The lowest BCUT2D eigenvalue weighted by molar-refractivity contribution is -0.149. The molecule has 0 spiro atoms. The van der Waals surface area contributed by atoms with E-state index in [0.717, 1.165) is 12.8 Å². The van der Waals surface area contributed by atoms with Crippen LogP contribution in [0.2, 0.25) is 0 Å². The Balaban J connectivity index is 1.49. The van der Waals surface area contributed by atoms with Gasteiger partial charge in [-0.25, -0.2) is 9.59 Å². The van der Waals surface area contributed by atoms with Gasteiger partial charge in [0.15, 0.2) is 0 Å². The first-order valence-electron chi connectivity index (χ1n) is 11.7. The molecule has 4 N–H and O–H groups in total. The zero-order valence-electron chi connectivity index (χ0n) is 19.6. The van der Waals surface area contributed by atoms with Crippen LogP contribution >= 0.6 is 11.8 Å². The van der Waals surface area contributed by atoms with Gasteiger partial charge in [-0.15, -0.1) is 0 Å². The van der Waals surface area contributed by atoms with E-state index in [4.69, 9.17) is 0 Å². The van der Waals surface area contributed by atoms with Gasteiger partial charge in [0.05, 0.1) is 5.75 Å². The molecule has 1 aliphatic carbocycles. The van der Waals surface area contributed by atoms with E-state index in [1.54, 1.807) is 6.26 Å². The Morgan fingerprint density at radius 2 is 1.31 bits per heavy atom. The first-order valence-corrected chi connectivity index (χ1v) is 13.1. The summed E-state index contributed by atoms with van der Waals surface area (Å²) in [5.74, 6) is -3.27. The Bertz CT molecular complexity index is 880. The fourth-order valence-electron chi connectivity index (χ4n) is 4.64. The lowest BCUT2D eigenvalue weighted by Crippen LogP contribution is -2.42. The molecule has 1 saturated carbocycles. The number of nitrogens with zero attached hydrogens (tertiary/aromatic N) is 2. The summed E-state index contributed by atoms with van der Waals surface area (Å²) in [5, 5.41) is 24.6. The third-order valence-electron chi connectivity index (χ3n) is 6.53. The van der Waals surface area contributed by atoms with Crippen LogP contribution in [0.4, 0.5) is 0 Å². The SMILES string of the molecule is CSCC(=O)N[C@H]1C[C@@H](C(=O)O)N(C(=O)CCCC(=O)N2C[C@@H](NC(=O)C3CC3)C[C@H]2C(=O)O)C1. The fourth-order valence-corrected chi connectivity index (χ4v) is 4.99. The van der Waals surface area contributed by atoms with Crippen molar-refractivity contribution < 1.29 is 39.0 Å². The molecule has 35 heavy (non-hydrogen) atoms. The van der Waals surface area contributed by atoms with E-state index in [-0.39, 0.29) is 68.7 Å². The highest BCUT2D eigenvalue weighted by Gasteiger charge is 2.42. The summed E-state index contributed by atoms with van der Waals surface area (Å²) in [4.78, 5) is 75.0. The van der Waals surface area contributed by atoms with Crippen molar-refractivity contribution in [3.05, 3.63) is 0 Å². The molecule has 2 saturated heterocycles. The third-order valence-corrected chi connectivity index (χ3v) is 7.08. The van der Waals surface area contributed by atoms with Crippen molar-refractivity contribution in [2.75, 3.05) is 25.1 Å². The predicted molar refractivity (Wildman–Crippen MR) is 124 cm³/mol. The molecule has 0 radical (unpaired) electrons. The van der Waals surface area contributed by atoms with Crippen LogP contribution in [0.3, 0.4) is 0 Å². The van der Waals surface area contributed by atoms with Gasteiger partial charge in [-0.2, -0.15) is 11.8 Å². The summed E-state index contributed by atoms with van der Waals surface area (Å²) in [6.45, 7) is 0.187. The highest BCUT2D eigenvalue weighted by molar-refractivity contribution is 7.99. The van der Waals surface area contributed by atoms with E-state index < -0.39 is 47.9 Å². The van der Waals surface area contributed by atoms with Crippen molar-refractivity contribution in [2.24, 2.45) is 5.92 Å². The van der Waals surface area contributed by atoms with Gasteiger partial charge in [-0.1, -0.05) is 0 Å². The van der Waals surface area contributed by atoms with Crippen LogP contribution in [0, 0.1) is 5.92 Å². The smallest absolute Gasteiger partial charge is 0.326 e. The van der Waals surface area contributed by atoms with Gasteiger partial charge in [0.25, 0.3) is 0 Å². The van der Waals surface area contributed by atoms with Crippen molar-refractivity contribution >= 4 is 47.3 Å². The quantitative estimate of drug-likeness (QED) is 0.278. The molecule has 0 aromatic carbocycles. The summed E-state index contributed by atoms with van der Waals surface area (Å²) < 4.78 is 0. The predicted octanol–water partition coefficient (Wildman–Crippen LogP) is -0.730. The van der Waals surface area contributed by atoms with Crippen molar-refractivity contribution in [3.63, 3.8) is 0 Å². The lowest BCUT2D eigenvalue weighted by atomic mass is 10.1. The van der Waals surface area contributed by atoms with Crippen LogP contribution in [-0.4, -0.2) is 105 Å². The Morgan fingerprint density at radius 1 is 0.829 bits per heavy atom. The van der Waals surface area contributed by atoms with Crippen LogP contribution < -0.4 is 10.6 Å². The molecule has 2 heterocycles. The minimum Gasteiger partial charge on any atom is -0.480 e. The zero-order chi connectivity index (χ0) is 25.7. The van der Waals surface area contributed by atoms with E-state index >= 15 is 0 Å². The van der Waals surface area contributed by atoms with Crippen molar-refractivity contribution in [1.29, 1.82) is 0 Å². The number of nitrogens with one attached hydrogen (secondary N) is 2. The number of thioether (sulfide) groups is 1. The average molecular weight is 513 g/mol. The van der Waals surface area contributed by atoms with Crippen LogP contribution in [0.5, 0.6) is 0 Å². The molecular formula is C22H32N4O8S. The molecule has 0 unspecified atom stereocenters. The molecule has 13 heteroatoms. The van der Waals surface area contributed by atoms with E-state index in [0.29, 0.717) is 0 Å². The van der Waals surface area contributed by atoms with Crippen molar-refractivity contribution in [3.8, 4) is 0 Å². The van der Waals surface area contributed by atoms with Crippen molar-refractivity contribution in [2.45, 2.75) is 69.1 Å². The number of carbonyl (C=O) groups excluding carboxylic acids is 4. The maximum Gasteiger partial charge on any atom is 0.326 e. The Hall–Kier alpha value is -2.83. The van der Waals surface area contributed by atoms with Crippen LogP contribution in [0.15, 0.2) is 0 Å². The van der Waals surface area contributed by atoms with Crippen LogP contribution in [0.25, 0.3) is 0 Å². The topological polar surface area (TPSA) is 173 Å². The standard InChI is InChI=1S/C22H32N4O8S/c1-35-11-17(27)23-13-7-15(21(31)32)25(9-13)18(28)3-2-4-19(29)26-10-14(8-16(26)22(33)34)24-20(30)12-5-6-12/h12-16H,2-11H2,1H3,(H,23,27)(H,24,30)(H,31,32)(H,33,34)/t13-,14-,15-,16-/m0/s1. The number of hydrogen-bond acceptors (Lipinski definition) is 7. The number of hydrogen-bond donors (Lipinski definition) is 4. The van der Waals surface area contributed by atoms with Gasteiger partial charge < -0.3 is 30.6 Å². The minimum absolute atomic E-state index is 0.0206. The fraction of sp³-hybridized carbons (Fsp3) is 0.727. The van der Waals surface area contributed by atoms with Gasteiger partial charge >= 0.3 is 11.9 Å².